The van der Waals surface area contributed by atoms with Crippen LogP contribution >= 0.6 is 15.9 Å². The molecule has 2 fully saturated rings. The van der Waals surface area contributed by atoms with Crippen molar-refractivity contribution in [2.24, 2.45) is 0 Å². The fourth-order valence-corrected chi connectivity index (χ4v) is 2.68. The molecule has 0 aromatic rings. The second-order valence-corrected chi connectivity index (χ2v) is 5.04. The van der Waals surface area contributed by atoms with Crippen molar-refractivity contribution in [3.05, 3.63) is 0 Å². The van der Waals surface area contributed by atoms with Gasteiger partial charge in [0.25, 0.3) is 0 Å². The number of nitrogens with zero attached hydrogens (tertiary/aromatic N) is 1. The van der Waals surface area contributed by atoms with Gasteiger partial charge in [-0.1, -0.05) is 15.9 Å². The molecule has 96 valence electrons. The Balaban J connectivity index is 2.08. The quantitative estimate of drug-likeness (QED) is 0.555. The van der Waals surface area contributed by atoms with Crippen LogP contribution in [0.1, 0.15) is 6.42 Å². The second-order valence-electron chi connectivity index (χ2n) is 3.98. The number of aliphatic hydroxyl groups is 2. The Kier molecular flexibility index (Phi) is 3.67. The van der Waals surface area contributed by atoms with E-state index < -0.39 is 29.3 Å². The van der Waals surface area contributed by atoms with Gasteiger partial charge in [0, 0.05) is 13.0 Å². The van der Waals surface area contributed by atoms with Crippen LogP contribution in [0.3, 0.4) is 0 Å². The molecule has 4 atom stereocenters. The minimum absolute atomic E-state index is 0.200. The number of amides is 3. The first-order valence-corrected chi connectivity index (χ1v) is 6.15. The molecule has 0 spiro atoms. The third-order valence-electron chi connectivity index (χ3n) is 2.87. The summed E-state index contributed by atoms with van der Waals surface area (Å²) < 4.78 is 5.39. The normalized spacial score (nSPS) is 38.4. The van der Waals surface area contributed by atoms with Gasteiger partial charge in [-0.2, -0.15) is 0 Å². The summed E-state index contributed by atoms with van der Waals surface area (Å²) >= 11 is 3.24. The number of rotatable bonds is 2. The highest BCUT2D eigenvalue weighted by Gasteiger charge is 2.47. The number of hydrogen-bond acceptors (Lipinski definition) is 5. The lowest BCUT2D eigenvalue weighted by atomic mass is 10.1. The van der Waals surface area contributed by atoms with Gasteiger partial charge in [0.2, 0.25) is 5.91 Å². The molecule has 4 unspecified atom stereocenters. The molecule has 3 N–H and O–H groups in total. The molecule has 2 rings (SSSR count). The van der Waals surface area contributed by atoms with Gasteiger partial charge in [-0.15, -0.1) is 0 Å². The summed E-state index contributed by atoms with van der Waals surface area (Å²) in [5, 5.41) is 20.9. The number of urea groups is 1. The topological polar surface area (TPSA) is 99.1 Å². The summed E-state index contributed by atoms with van der Waals surface area (Å²) in [6.45, 7) is -0.0868. The average molecular weight is 309 g/mol. The van der Waals surface area contributed by atoms with Crippen molar-refractivity contribution in [2.75, 3.05) is 13.2 Å². The number of nitrogens with one attached hydrogen (secondary N) is 1. The van der Waals surface area contributed by atoms with E-state index in [1.807, 2.05) is 0 Å². The molecule has 0 radical (unpaired) electrons. The van der Waals surface area contributed by atoms with E-state index in [1.54, 1.807) is 0 Å². The Morgan fingerprint density at radius 2 is 2.24 bits per heavy atom. The molecule has 8 heteroatoms. The maximum Gasteiger partial charge on any atom is 0.326 e. The standard InChI is InChI=1S/C9H13BrN2O5/c10-6-7(15)4(3-13)17-8(6)12-2-1-5(14)11-9(12)16/h4,6-8,13,15H,1-3H2,(H,11,14,16). The van der Waals surface area contributed by atoms with E-state index in [9.17, 15) is 14.7 Å². The van der Waals surface area contributed by atoms with Crippen LogP contribution in [0.5, 0.6) is 0 Å². The lowest BCUT2D eigenvalue weighted by molar-refractivity contribution is -0.123. The van der Waals surface area contributed by atoms with Crippen molar-refractivity contribution >= 4 is 27.9 Å². The molecule has 0 saturated carbocycles. The third-order valence-corrected chi connectivity index (χ3v) is 3.86. The predicted octanol–water partition coefficient (Wildman–Crippen LogP) is -1.23. The van der Waals surface area contributed by atoms with Crippen LogP contribution in [0.15, 0.2) is 0 Å². The Labute approximate surface area is 106 Å². The number of halogens is 1. The molecule has 0 aromatic heterocycles. The fourth-order valence-electron chi connectivity index (χ4n) is 1.92. The number of alkyl halides is 1. The van der Waals surface area contributed by atoms with Gasteiger partial charge < -0.3 is 14.9 Å². The zero-order chi connectivity index (χ0) is 12.6. The average Bonchev–Trinajstić information content (AvgIpc) is 2.57. The minimum Gasteiger partial charge on any atom is -0.394 e. The molecule has 7 nitrogen and oxygen atoms in total. The lowest BCUT2D eigenvalue weighted by Gasteiger charge is -2.32. The molecule has 2 saturated heterocycles. The molecule has 17 heavy (non-hydrogen) atoms. The zero-order valence-electron chi connectivity index (χ0n) is 8.88. The summed E-state index contributed by atoms with van der Waals surface area (Å²) in [4.78, 5) is 23.4. The van der Waals surface area contributed by atoms with Crippen molar-refractivity contribution < 1.29 is 24.5 Å². The van der Waals surface area contributed by atoms with Gasteiger partial charge in [-0.25, -0.2) is 4.79 Å². The molecular weight excluding hydrogens is 296 g/mol. The Morgan fingerprint density at radius 1 is 1.53 bits per heavy atom. The monoisotopic (exact) mass is 308 g/mol. The van der Waals surface area contributed by atoms with Crippen LogP contribution in [0.4, 0.5) is 4.79 Å². The fraction of sp³-hybridized carbons (Fsp3) is 0.778. The minimum atomic E-state index is -0.893. The maximum absolute atomic E-state index is 11.6. The molecule has 2 aliphatic rings. The van der Waals surface area contributed by atoms with E-state index in [2.05, 4.69) is 21.2 Å². The van der Waals surface area contributed by atoms with Crippen molar-refractivity contribution in [3.63, 3.8) is 0 Å². The first-order valence-electron chi connectivity index (χ1n) is 5.23. The highest BCUT2D eigenvalue weighted by Crippen LogP contribution is 2.30. The maximum atomic E-state index is 11.6. The van der Waals surface area contributed by atoms with E-state index in [4.69, 9.17) is 9.84 Å². The van der Waals surface area contributed by atoms with Gasteiger partial charge in [0.15, 0.2) is 0 Å². The van der Waals surface area contributed by atoms with Crippen LogP contribution in [-0.2, 0) is 9.53 Å². The van der Waals surface area contributed by atoms with E-state index in [0.29, 0.717) is 0 Å². The van der Waals surface area contributed by atoms with E-state index in [0.717, 1.165) is 0 Å². The SMILES string of the molecule is O=C1CCN(C2OC(CO)C(O)C2Br)C(=O)N1. The van der Waals surface area contributed by atoms with Crippen LogP contribution in [-0.4, -0.2) is 63.5 Å². The second kappa shape index (κ2) is 4.89. The molecule has 2 heterocycles. The number of imide groups is 1. The van der Waals surface area contributed by atoms with E-state index in [-0.39, 0.29) is 25.5 Å². The zero-order valence-corrected chi connectivity index (χ0v) is 10.5. The number of hydrogen-bond donors (Lipinski definition) is 3. The van der Waals surface area contributed by atoms with E-state index in [1.165, 1.54) is 4.90 Å². The summed E-state index contributed by atoms with van der Waals surface area (Å²) in [7, 11) is 0. The Hall–Kier alpha value is -0.700. The van der Waals surface area contributed by atoms with Gasteiger partial charge in [-0.3, -0.25) is 15.0 Å². The van der Waals surface area contributed by atoms with Gasteiger partial charge in [0.1, 0.15) is 12.3 Å². The highest BCUT2D eigenvalue weighted by atomic mass is 79.9. The summed E-state index contributed by atoms with van der Waals surface area (Å²) in [5.41, 5.74) is 0. The third kappa shape index (κ3) is 2.30. The van der Waals surface area contributed by atoms with Crippen molar-refractivity contribution in [1.29, 1.82) is 0 Å². The molecule has 0 aliphatic carbocycles. The number of aliphatic hydroxyl groups excluding tert-OH is 2. The van der Waals surface area contributed by atoms with E-state index >= 15 is 0 Å². The number of carbonyl (C=O) groups is 2. The van der Waals surface area contributed by atoms with Crippen LogP contribution in [0.2, 0.25) is 0 Å². The van der Waals surface area contributed by atoms with Gasteiger partial charge >= 0.3 is 6.03 Å². The summed E-state index contributed by atoms with van der Waals surface area (Å²) in [5.74, 6) is -0.324. The Bertz CT molecular complexity index is 339. The van der Waals surface area contributed by atoms with Gasteiger partial charge in [0.05, 0.1) is 17.5 Å². The molecule has 3 amide bonds. The summed E-state index contributed by atoms with van der Waals surface area (Å²) in [6, 6.07) is -0.540. The first-order chi connectivity index (χ1) is 8.04. The molecule has 0 bridgehead atoms. The number of carbonyl (C=O) groups excluding carboxylic acids is 2. The predicted molar refractivity (Wildman–Crippen MR) is 59.3 cm³/mol. The number of ether oxygens (including phenoxy) is 1. The Morgan fingerprint density at radius 3 is 2.76 bits per heavy atom. The first kappa shape index (κ1) is 12.7. The van der Waals surface area contributed by atoms with Crippen molar-refractivity contribution in [2.45, 2.75) is 29.7 Å². The largest absolute Gasteiger partial charge is 0.394 e. The smallest absolute Gasteiger partial charge is 0.326 e. The van der Waals surface area contributed by atoms with Gasteiger partial charge in [-0.05, 0) is 0 Å². The molecule has 0 aromatic carbocycles. The lowest BCUT2D eigenvalue weighted by Crippen LogP contribution is -2.55. The van der Waals surface area contributed by atoms with Crippen LogP contribution < -0.4 is 5.32 Å². The van der Waals surface area contributed by atoms with Crippen LogP contribution in [0.25, 0.3) is 0 Å². The van der Waals surface area contributed by atoms with Crippen LogP contribution in [0, 0.1) is 0 Å². The summed E-state index contributed by atoms with van der Waals surface area (Å²) in [6.07, 6.45) is -2.11. The van der Waals surface area contributed by atoms with Crippen molar-refractivity contribution in [3.8, 4) is 0 Å². The van der Waals surface area contributed by atoms with Crippen molar-refractivity contribution in [1.82, 2.24) is 10.2 Å². The highest BCUT2D eigenvalue weighted by molar-refractivity contribution is 9.09. The molecular formula is C9H13BrN2O5. The molecule has 2 aliphatic heterocycles.